The van der Waals surface area contributed by atoms with Crippen molar-refractivity contribution < 1.29 is 27.5 Å². The molecule has 1 saturated heterocycles. The largest absolute Gasteiger partial charge is 0.444 e. The summed E-state index contributed by atoms with van der Waals surface area (Å²) in [6.45, 7) is 7.74. The second kappa shape index (κ2) is 18.1. The number of ether oxygens (including phenoxy) is 1. The number of amides is 3. The fourth-order valence-electron chi connectivity index (χ4n) is 5.76. The maximum absolute atomic E-state index is 13.9. The summed E-state index contributed by atoms with van der Waals surface area (Å²) in [5.74, 6) is -0.930. The lowest BCUT2D eigenvalue weighted by molar-refractivity contribution is -0.134. The van der Waals surface area contributed by atoms with Crippen LogP contribution in [0.5, 0.6) is 0 Å². The molecule has 14 heteroatoms. The highest BCUT2D eigenvalue weighted by atomic mass is 35.5. The zero-order valence-electron chi connectivity index (χ0n) is 29.9. The molecule has 3 aromatic carbocycles. The van der Waals surface area contributed by atoms with Gasteiger partial charge in [-0.2, -0.15) is 9.57 Å². The Morgan fingerprint density at radius 3 is 2.25 bits per heavy atom. The van der Waals surface area contributed by atoms with Crippen LogP contribution in [0.15, 0.2) is 71.6 Å². The Morgan fingerprint density at radius 2 is 1.63 bits per heavy atom. The van der Waals surface area contributed by atoms with Crippen LogP contribution in [-0.4, -0.2) is 85.3 Å². The maximum atomic E-state index is 13.9. The summed E-state index contributed by atoms with van der Waals surface area (Å²) in [4.78, 5) is 42.8. The molecule has 0 bridgehead atoms. The number of benzene rings is 3. The standard InChI is InChI=1S/C38H45Cl2N5O6S/c1-27-32(39)14-15-33(36(27)40)52(49,50)45(21-18-28-8-6-5-7-9-28)26-34(46)42-23-35(47)44(24-30-12-10-29(22-41)11-13-30)25-31-16-19-43(20-17-31)37(48)51-38(2,3)4/h5-15,31H,16-21,23-26H2,1-4H3,(H,42,46). The number of rotatable bonds is 13. The molecule has 0 spiro atoms. The van der Waals surface area contributed by atoms with Crippen molar-refractivity contribution in [2.75, 3.05) is 39.3 Å². The Kier molecular flexibility index (Phi) is 14.1. The smallest absolute Gasteiger partial charge is 0.410 e. The van der Waals surface area contributed by atoms with Gasteiger partial charge in [-0.15, -0.1) is 0 Å². The molecule has 278 valence electrons. The van der Waals surface area contributed by atoms with Crippen LogP contribution in [0.3, 0.4) is 0 Å². The average Bonchev–Trinajstić information content (AvgIpc) is 3.11. The Bertz CT molecular complexity index is 1870. The first-order chi connectivity index (χ1) is 24.6. The molecule has 1 aliphatic heterocycles. The number of halogens is 2. The molecule has 0 aromatic heterocycles. The number of nitriles is 1. The van der Waals surface area contributed by atoms with E-state index in [0.29, 0.717) is 55.0 Å². The van der Waals surface area contributed by atoms with E-state index in [2.05, 4.69) is 11.4 Å². The van der Waals surface area contributed by atoms with Crippen LogP contribution in [0.4, 0.5) is 4.79 Å². The van der Waals surface area contributed by atoms with E-state index in [4.69, 9.17) is 27.9 Å². The van der Waals surface area contributed by atoms with Crippen molar-refractivity contribution in [2.45, 2.75) is 64.0 Å². The number of nitrogens with one attached hydrogen (secondary N) is 1. The molecule has 0 unspecified atom stereocenters. The monoisotopic (exact) mass is 769 g/mol. The van der Waals surface area contributed by atoms with E-state index < -0.39 is 28.1 Å². The highest BCUT2D eigenvalue weighted by Gasteiger charge is 2.31. The Morgan fingerprint density at radius 1 is 0.981 bits per heavy atom. The molecule has 52 heavy (non-hydrogen) atoms. The second-order valence-electron chi connectivity index (χ2n) is 13.8. The van der Waals surface area contributed by atoms with Crippen molar-refractivity contribution in [1.29, 1.82) is 5.26 Å². The number of nitrogens with zero attached hydrogens (tertiary/aromatic N) is 4. The van der Waals surface area contributed by atoms with Gasteiger partial charge in [0.2, 0.25) is 21.8 Å². The summed E-state index contributed by atoms with van der Waals surface area (Å²) in [6.07, 6.45) is 1.28. The number of hydrogen-bond donors (Lipinski definition) is 1. The molecular weight excluding hydrogens is 725 g/mol. The van der Waals surface area contributed by atoms with Crippen molar-refractivity contribution in [3.63, 3.8) is 0 Å². The molecule has 3 amide bonds. The number of likely N-dealkylation sites (tertiary alicyclic amines) is 1. The summed E-state index contributed by atoms with van der Waals surface area (Å²) < 4.78 is 34.4. The van der Waals surface area contributed by atoms with Crippen molar-refractivity contribution in [3.05, 3.63) is 99.0 Å². The van der Waals surface area contributed by atoms with E-state index in [1.54, 1.807) is 41.0 Å². The number of carbonyl (C=O) groups is 3. The molecule has 0 saturated carbocycles. The maximum Gasteiger partial charge on any atom is 0.410 e. The Hall–Kier alpha value is -4.15. The fraction of sp³-hybridized carbons (Fsp3) is 0.421. The molecule has 1 fully saturated rings. The average molecular weight is 771 g/mol. The van der Waals surface area contributed by atoms with Crippen LogP contribution in [0.25, 0.3) is 0 Å². The number of carbonyl (C=O) groups excluding carboxylic acids is 3. The first-order valence-corrected chi connectivity index (χ1v) is 19.3. The third-order valence-electron chi connectivity index (χ3n) is 8.71. The SMILES string of the molecule is Cc1c(Cl)ccc(S(=O)(=O)N(CCc2ccccc2)CC(=O)NCC(=O)N(Cc2ccc(C#N)cc2)CC2CCN(C(=O)OC(C)(C)C)CC2)c1Cl. The number of piperidine rings is 1. The van der Waals surface area contributed by atoms with E-state index in [1.807, 2.05) is 51.1 Å². The molecule has 1 N–H and O–H groups in total. The van der Waals surface area contributed by atoms with E-state index in [9.17, 15) is 28.1 Å². The van der Waals surface area contributed by atoms with Gasteiger partial charge in [-0.3, -0.25) is 9.59 Å². The first-order valence-electron chi connectivity index (χ1n) is 17.1. The molecule has 0 atom stereocenters. The number of hydrogen-bond acceptors (Lipinski definition) is 7. The zero-order valence-corrected chi connectivity index (χ0v) is 32.2. The van der Waals surface area contributed by atoms with Crippen molar-refractivity contribution in [3.8, 4) is 6.07 Å². The van der Waals surface area contributed by atoms with Crippen LogP contribution in [0.2, 0.25) is 10.0 Å². The zero-order chi connectivity index (χ0) is 38.1. The van der Waals surface area contributed by atoms with Crippen LogP contribution in [-0.2, 0) is 37.3 Å². The highest BCUT2D eigenvalue weighted by molar-refractivity contribution is 7.89. The minimum absolute atomic E-state index is 0.0154. The summed E-state index contributed by atoms with van der Waals surface area (Å²) in [5.41, 5.74) is 1.98. The van der Waals surface area contributed by atoms with Crippen LogP contribution < -0.4 is 5.32 Å². The van der Waals surface area contributed by atoms with Crippen LogP contribution >= 0.6 is 23.2 Å². The lowest BCUT2D eigenvalue weighted by Gasteiger charge is -2.35. The van der Waals surface area contributed by atoms with Gasteiger partial charge in [0.1, 0.15) is 10.5 Å². The van der Waals surface area contributed by atoms with E-state index in [-0.39, 0.29) is 47.5 Å². The van der Waals surface area contributed by atoms with E-state index in [0.717, 1.165) is 15.4 Å². The molecule has 0 radical (unpaired) electrons. The first kappa shape index (κ1) is 40.6. The summed E-state index contributed by atoms with van der Waals surface area (Å²) >= 11 is 12.6. The molecule has 1 heterocycles. The molecular formula is C38H45Cl2N5O6S. The summed E-state index contributed by atoms with van der Waals surface area (Å²) in [6, 6.07) is 21.1. The summed E-state index contributed by atoms with van der Waals surface area (Å²) in [5, 5.41) is 12.1. The predicted molar refractivity (Wildman–Crippen MR) is 200 cm³/mol. The Labute approximate surface area is 316 Å². The lowest BCUT2D eigenvalue weighted by atomic mass is 9.96. The van der Waals surface area contributed by atoms with Gasteiger partial charge in [0.05, 0.1) is 29.7 Å². The van der Waals surface area contributed by atoms with Crippen molar-refractivity contribution >= 4 is 51.1 Å². The third-order valence-corrected chi connectivity index (χ3v) is 11.6. The van der Waals surface area contributed by atoms with Gasteiger partial charge in [0.25, 0.3) is 0 Å². The molecule has 4 rings (SSSR count). The lowest BCUT2D eigenvalue weighted by Crippen LogP contribution is -2.47. The van der Waals surface area contributed by atoms with Gasteiger partial charge in [0.15, 0.2) is 0 Å². The van der Waals surface area contributed by atoms with Gasteiger partial charge >= 0.3 is 6.09 Å². The summed E-state index contributed by atoms with van der Waals surface area (Å²) in [7, 11) is -4.25. The van der Waals surface area contributed by atoms with Gasteiger partial charge in [-0.05, 0) is 93.8 Å². The molecule has 0 aliphatic carbocycles. The second-order valence-corrected chi connectivity index (χ2v) is 16.5. The molecule has 3 aromatic rings. The molecule has 1 aliphatic rings. The fourth-order valence-corrected chi connectivity index (χ4v) is 7.94. The van der Waals surface area contributed by atoms with Gasteiger partial charge in [-0.25, -0.2) is 13.2 Å². The van der Waals surface area contributed by atoms with Crippen LogP contribution in [0, 0.1) is 24.2 Å². The van der Waals surface area contributed by atoms with Crippen molar-refractivity contribution in [1.82, 2.24) is 19.4 Å². The molecule has 11 nitrogen and oxygen atoms in total. The minimum atomic E-state index is -4.25. The van der Waals surface area contributed by atoms with E-state index in [1.165, 1.54) is 12.1 Å². The minimum Gasteiger partial charge on any atom is -0.444 e. The number of sulfonamides is 1. The quantitative estimate of drug-likeness (QED) is 0.218. The van der Waals surface area contributed by atoms with Crippen molar-refractivity contribution in [2.24, 2.45) is 5.92 Å². The van der Waals surface area contributed by atoms with E-state index >= 15 is 0 Å². The topological polar surface area (TPSA) is 140 Å². The normalized spacial score (nSPS) is 13.8. The van der Waals surface area contributed by atoms with Gasteiger partial charge < -0.3 is 19.9 Å². The predicted octanol–water partition coefficient (Wildman–Crippen LogP) is 6.20. The highest BCUT2D eigenvalue weighted by Crippen LogP contribution is 2.32. The third kappa shape index (κ3) is 11.4. The van der Waals surface area contributed by atoms with Gasteiger partial charge in [-0.1, -0.05) is 65.7 Å². The van der Waals surface area contributed by atoms with Gasteiger partial charge in [0, 0.05) is 37.7 Å². The Balaban J connectivity index is 1.46. The van der Waals surface area contributed by atoms with Crippen LogP contribution in [0.1, 0.15) is 55.9 Å².